The summed E-state index contributed by atoms with van der Waals surface area (Å²) in [5.74, 6) is -0.416. The van der Waals surface area contributed by atoms with Gasteiger partial charge in [0.05, 0.1) is 17.9 Å². The number of allylic oxidation sites excluding steroid dienone is 1. The molecule has 3 atom stereocenters. The normalized spacial score (nSPS) is 30.5. The molecule has 0 bridgehead atoms. The molecule has 102 valence electrons. The number of carbonyl (C=O) groups excluding carboxylic acids is 1. The second kappa shape index (κ2) is 4.60. The molecule has 0 aromatic heterocycles. The van der Waals surface area contributed by atoms with Gasteiger partial charge in [-0.1, -0.05) is 37.3 Å². The highest BCUT2D eigenvalue weighted by Crippen LogP contribution is 2.65. The summed E-state index contributed by atoms with van der Waals surface area (Å²) in [7, 11) is -0.101. The van der Waals surface area contributed by atoms with Crippen LogP contribution in [-0.4, -0.2) is 22.0 Å². The van der Waals surface area contributed by atoms with Crippen LogP contribution in [0.1, 0.15) is 20.3 Å². The van der Waals surface area contributed by atoms with Crippen LogP contribution in [0.25, 0.3) is 0 Å². The van der Waals surface area contributed by atoms with Crippen molar-refractivity contribution < 1.29 is 13.7 Å². The van der Waals surface area contributed by atoms with E-state index in [4.69, 9.17) is 4.74 Å². The lowest BCUT2D eigenvalue weighted by molar-refractivity contribution is -0.141. The zero-order chi connectivity index (χ0) is 14.3. The van der Waals surface area contributed by atoms with E-state index < -0.39 is 26.9 Å². The highest BCUT2D eigenvalue weighted by Gasteiger charge is 2.74. The second-order valence-corrected chi connectivity index (χ2v) is 6.90. The molecule has 3 nitrogen and oxygen atoms in total. The Morgan fingerprint density at radius 2 is 1.95 bits per heavy atom. The van der Waals surface area contributed by atoms with Gasteiger partial charge in [0.15, 0.2) is 4.75 Å². The molecule has 1 aliphatic carbocycles. The number of esters is 1. The number of ether oxygens (including phenoxy) is 1. The molecule has 1 aliphatic rings. The SMILES string of the molecule is C=C(C)[C@@]1(C)C[C@@]1(C(=O)OC)S(=O)c1ccccc1. The maximum atomic E-state index is 12.8. The van der Waals surface area contributed by atoms with E-state index >= 15 is 0 Å². The minimum atomic E-state index is -1.44. The highest BCUT2D eigenvalue weighted by molar-refractivity contribution is 7.87. The Hall–Kier alpha value is -1.42. The van der Waals surface area contributed by atoms with Crippen molar-refractivity contribution in [2.75, 3.05) is 7.11 Å². The molecule has 1 unspecified atom stereocenters. The van der Waals surface area contributed by atoms with Gasteiger partial charge in [-0.25, -0.2) is 0 Å². The van der Waals surface area contributed by atoms with Crippen molar-refractivity contribution in [2.24, 2.45) is 5.41 Å². The van der Waals surface area contributed by atoms with Crippen LogP contribution in [0, 0.1) is 5.41 Å². The minimum absolute atomic E-state index is 0.416. The maximum Gasteiger partial charge on any atom is 0.325 e. The fourth-order valence-electron chi connectivity index (χ4n) is 2.50. The Kier molecular flexibility index (Phi) is 3.39. The molecule has 0 N–H and O–H groups in total. The van der Waals surface area contributed by atoms with Gasteiger partial charge in [0, 0.05) is 10.3 Å². The molecule has 19 heavy (non-hydrogen) atoms. The third-order valence-corrected chi connectivity index (χ3v) is 6.19. The number of benzene rings is 1. The fourth-order valence-corrected chi connectivity index (χ4v) is 4.55. The van der Waals surface area contributed by atoms with Crippen LogP contribution < -0.4 is 0 Å². The first-order valence-corrected chi connectivity index (χ1v) is 7.26. The molecular weight excluding hydrogens is 260 g/mol. The van der Waals surface area contributed by atoms with E-state index in [2.05, 4.69) is 6.58 Å². The first kappa shape index (κ1) is 14.0. The summed E-state index contributed by atoms with van der Waals surface area (Å²) in [6, 6.07) is 9.05. The predicted molar refractivity (Wildman–Crippen MR) is 75.1 cm³/mol. The molecule has 1 aromatic carbocycles. The van der Waals surface area contributed by atoms with Crippen LogP contribution in [0.15, 0.2) is 47.4 Å². The molecule has 0 spiro atoms. The van der Waals surface area contributed by atoms with Gasteiger partial charge in [0.25, 0.3) is 0 Å². The highest BCUT2D eigenvalue weighted by atomic mass is 32.2. The van der Waals surface area contributed by atoms with Gasteiger partial charge in [-0.05, 0) is 25.5 Å². The van der Waals surface area contributed by atoms with E-state index in [0.29, 0.717) is 11.3 Å². The number of methoxy groups -OCH3 is 1. The zero-order valence-corrected chi connectivity index (χ0v) is 12.3. The molecule has 0 aliphatic heterocycles. The van der Waals surface area contributed by atoms with Crippen LogP contribution in [0.4, 0.5) is 0 Å². The van der Waals surface area contributed by atoms with Gasteiger partial charge in [-0.15, -0.1) is 0 Å². The molecule has 1 saturated carbocycles. The Balaban J connectivity index is 2.46. The summed E-state index contributed by atoms with van der Waals surface area (Å²) in [6.45, 7) is 7.73. The Labute approximate surface area is 116 Å². The first-order valence-electron chi connectivity index (χ1n) is 6.11. The molecule has 0 radical (unpaired) electrons. The number of hydrogen-bond acceptors (Lipinski definition) is 3. The van der Waals surface area contributed by atoms with E-state index in [-0.39, 0.29) is 0 Å². The van der Waals surface area contributed by atoms with Crippen LogP contribution >= 0.6 is 0 Å². The van der Waals surface area contributed by atoms with E-state index in [1.807, 2.05) is 32.0 Å². The maximum absolute atomic E-state index is 12.8. The third kappa shape index (κ3) is 1.86. The Bertz CT molecular complexity index is 552. The quantitative estimate of drug-likeness (QED) is 0.628. The fraction of sp³-hybridized carbons (Fsp3) is 0.400. The van der Waals surface area contributed by atoms with Crippen LogP contribution in [-0.2, 0) is 20.3 Å². The summed E-state index contributed by atoms with van der Waals surface area (Å²) in [4.78, 5) is 12.8. The molecule has 0 saturated heterocycles. The lowest BCUT2D eigenvalue weighted by atomic mass is 9.98. The first-order chi connectivity index (χ1) is 8.90. The van der Waals surface area contributed by atoms with Crippen molar-refractivity contribution in [1.29, 1.82) is 0 Å². The van der Waals surface area contributed by atoms with Gasteiger partial charge >= 0.3 is 5.97 Å². The van der Waals surface area contributed by atoms with Crippen molar-refractivity contribution in [1.82, 2.24) is 0 Å². The molecule has 4 heteroatoms. The van der Waals surface area contributed by atoms with Crippen molar-refractivity contribution in [3.05, 3.63) is 42.5 Å². The molecule has 1 aromatic rings. The third-order valence-electron chi connectivity index (χ3n) is 4.10. The zero-order valence-electron chi connectivity index (χ0n) is 11.4. The summed E-state index contributed by atoms with van der Waals surface area (Å²) < 4.78 is 16.7. The van der Waals surface area contributed by atoms with E-state index in [1.165, 1.54) is 7.11 Å². The number of carbonyl (C=O) groups is 1. The molecule has 1 fully saturated rings. The predicted octanol–water partition coefficient (Wildman–Crippen LogP) is 2.69. The monoisotopic (exact) mass is 278 g/mol. The van der Waals surface area contributed by atoms with Crippen LogP contribution in [0.2, 0.25) is 0 Å². The summed E-state index contributed by atoms with van der Waals surface area (Å²) in [5.41, 5.74) is 0.406. The molecule has 0 heterocycles. The number of rotatable bonds is 4. The van der Waals surface area contributed by atoms with Gasteiger partial charge < -0.3 is 4.74 Å². The van der Waals surface area contributed by atoms with Gasteiger partial charge in [-0.3, -0.25) is 9.00 Å². The molecule has 0 amide bonds. The Morgan fingerprint density at radius 1 is 1.37 bits per heavy atom. The lowest BCUT2D eigenvalue weighted by Crippen LogP contribution is -2.35. The van der Waals surface area contributed by atoms with Crippen LogP contribution in [0.5, 0.6) is 0 Å². The van der Waals surface area contributed by atoms with E-state index in [0.717, 1.165) is 5.57 Å². The van der Waals surface area contributed by atoms with Crippen molar-refractivity contribution in [3.63, 3.8) is 0 Å². The van der Waals surface area contributed by atoms with Gasteiger partial charge in [0.2, 0.25) is 0 Å². The second-order valence-electron chi connectivity index (χ2n) is 5.19. The topological polar surface area (TPSA) is 43.4 Å². The summed E-state index contributed by atoms with van der Waals surface area (Å²) in [6.07, 6.45) is 0.517. The lowest BCUT2D eigenvalue weighted by Gasteiger charge is -2.20. The molecule has 2 rings (SSSR count). The van der Waals surface area contributed by atoms with Crippen molar-refractivity contribution >= 4 is 16.8 Å². The largest absolute Gasteiger partial charge is 0.468 e. The molecular formula is C15H18O3S. The number of hydrogen-bond donors (Lipinski definition) is 0. The Morgan fingerprint density at radius 3 is 2.37 bits per heavy atom. The van der Waals surface area contributed by atoms with Crippen LogP contribution in [0.3, 0.4) is 0 Å². The van der Waals surface area contributed by atoms with Gasteiger partial charge in [0.1, 0.15) is 0 Å². The van der Waals surface area contributed by atoms with Crippen molar-refractivity contribution in [2.45, 2.75) is 29.9 Å². The van der Waals surface area contributed by atoms with Crippen molar-refractivity contribution in [3.8, 4) is 0 Å². The average molecular weight is 278 g/mol. The average Bonchev–Trinajstić information content (AvgIpc) is 3.07. The smallest absolute Gasteiger partial charge is 0.325 e. The minimum Gasteiger partial charge on any atom is -0.468 e. The summed E-state index contributed by atoms with van der Waals surface area (Å²) in [5, 5.41) is 0. The van der Waals surface area contributed by atoms with Gasteiger partial charge in [-0.2, -0.15) is 0 Å². The van der Waals surface area contributed by atoms with E-state index in [1.54, 1.807) is 12.1 Å². The summed E-state index contributed by atoms with van der Waals surface area (Å²) >= 11 is 0. The van der Waals surface area contributed by atoms with E-state index in [9.17, 15) is 9.00 Å². The standard InChI is InChI=1S/C15H18O3S/c1-11(2)14(3)10-15(14,13(16)18-4)19(17)12-8-6-5-7-9-12/h5-9H,1,10H2,2-4H3/t14-,15+,19?/m1/s1.